The Balaban J connectivity index is 1.60. The summed E-state index contributed by atoms with van der Waals surface area (Å²) >= 11 is 1.47. The Morgan fingerprint density at radius 3 is 2.38 bits per heavy atom. The van der Waals surface area contributed by atoms with Crippen LogP contribution in [0.15, 0.2) is 41.8 Å². The van der Waals surface area contributed by atoms with Gasteiger partial charge in [0, 0.05) is 24.7 Å². The third kappa shape index (κ3) is 4.15. The lowest BCUT2D eigenvalue weighted by Gasteiger charge is -2.31. The highest BCUT2D eigenvalue weighted by Gasteiger charge is 2.29. The molecule has 0 radical (unpaired) electrons. The number of amides is 2. The fourth-order valence-electron chi connectivity index (χ4n) is 3.38. The number of hydrogen-bond acceptors (Lipinski definition) is 3. The van der Waals surface area contributed by atoms with Gasteiger partial charge in [0.05, 0.1) is 4.88 Å². The van der Waals surface area contributed by atoms with Crippen molar-refractivity contribution in [3.8, 4) is 0 Å². The van der Waals surface area contributed by atoms with Crippen LogP contribution < -0.4 is 5.32 Å². The van der Waals surface area contributed by atoms with Gasteiger partial charge < -0.3 is 10.2 Å². The van der Waals surface area contributed by atoms with Crippen molar-refractivity contribution in [2.45, 2.75) is 39.0 Å². The summed E-state index contributed by atoms with van der Waals surface area (Å²) in [5.74, 6) is 0.0947. The predicted octanol–water partition coefficient (Wildman–Crippen LogP) is 4.54. The van der Waals surface area contributed by atoms with Crippen LogP contribution >= 0.6 is 11.3 Å². The zero-order valence-electron chi connectivity index (χ0n) is 15.6. The summed E-state index contributed by atoms with van der Waals surface area (Å²) in [6.45, 7) is 7.71. The van der Waals surface area contributed by atoms with Gasteiger partial charge in [0.15, 0.2) is 0 Å². The molecule has 26 heavy (non-hydrogen) atoms. The Hall–Kier alpha value is -2.14. The molecule has 5 heteroatoms. The molecule has 1 fully saturated rings. The fourth-order valence-corrected chi connectivity index (χ4v) is 4.07. The highest BCUT2D eigenvalue weighted by Crippen LogP contribution is 2.30. The lowest BCUT2D eigenvalue weighted by Crippen LogP contribution is -2.41. The second-order valence-corrected chi connectivity index (χ2v) is 8.78. The lowest BCUT2D eigenvalue weighted by atomic mass is 9.85. The molecule has 0 unspecified atom stereocenters. The third-order valence-electron chi connectivity index (χ3n) is 4.88. The van der Waals surface area contributed by atoms with Crippen LogP contribution in [0.2, 0.25) is 0 Å². The number of anilines is 1. The van der Waals surface area contributed by atoms with Crippen molar-refractivity contribution in [3.05, 3.63) is 52.2 Å². The summed E-state index contributed by atoms with van der Waals surface area (Å²) in [5, 5.41) is 5.03. The Bertz CT molecular complexity index is 770. The third-order valence-corrected chi connectivity index (χ3v) is 5.74. The maximum absolute atomic E-state index is 12.7. The molecule has 0 bridgehead atoms. The van der Waals surface area contributed by atoms with Crippen molar-refractivity contribution in [3.63, 3.8) is 0 Å². The van der Waals surface area contributed by atoms with Gasteiger partial charge in [-0.05, 0) is 41.3 Å². The number of nitrogens with zero attached hydrogens (tertiary/aromatic N) is 1. The number of carbonyl (C=O) groups is 2. The van der Waals surface area contributed by atoms with Gasteiger partial charge in [0.2, 0.25) is 5.91 Å². The van der Waals surface area contributed by atoms with Gasteiger partial charge in [-0.3, -0.25) is 9.59 Å². The SMILES string of the molecule is CC(C)(C)c1ccccc1NC(=O)C1CCN(C(=O)c2cccs2)CC1. The topological polar surface area (TPSA) is 49.4 Å². The van der Waals surface area contributed by atoms with E-state index in [-0.39, 0.29) is 23.1 Å². The van der Waals surface area contributed by atoms with Crippen molar-refractivity contribution in [1.29, 1.82) is 0 Å². The summed E-state index contributed by atoms with van der Waals surface area (Å²) in [5.41, 5.74) is 2.00. The first-order valence-electron chi connectivity index (χ1n) is 9.09. The molecule has 138 valence electrons. The number of likely N-dealkylation sites (tertiary alicyclic amines) is 1. The molecule has 1 N–H and O–H groups in total. The average Bonchev–Trinajstić information content (AvgIpc) is 3.15. The number of para-hydroxylation sites is 1. The smallest absolute Gasteiger partial charge is 0.263 e. The molecular weight excluding hydrogens is 344 g/mol. The van der Waals surface area contributed by atoms with Crippen LogP contribution in [0.5, 0.6) is 0 Å². The maximum Gasteiger partial charge on any atom is 0.263 e. The second-order valence-electron chi connectivity index (χ2n) is 7.83. The molecule has 2 amide bonds. The van der Waals surface area contributed by atoms with Crippen LogP contribution in [0.4, 0.5) is 5.69 Å². The van der Waals surface area contributed by atoms with E-state index in [9.17, 15) is 9.59 Å². The lowest BCUT2D eigenvalue weighted by molar-refractivity contribution is -0.121. The van der Waals surface area contributed by atoms with E-state index in [4.69, 9.17) is 0 Å². The molecular formula is C21H26N2O2S. The molecule has 4 nitrogen and oxygen atoms in total. The molecule has 0 saturated carbocycles. The second kappa shape index (κ2) is 7.62. The van der Waals surface area contributed by atoms with Gasteiger partial charge in [-0.1, -0.05) is 45.0 Å². The van der Waals surface area contributed by atoms with Gasteiger partial charge in [-0.2, -0.15) is 0 Å². The molecule has 1 aliphatic rings. The first kappa shape index (κ1) is 18.6. The van der Waals surface area contributed by atoms with Crippen molar-refractivity contribution in [2.75, 3.05) is 18.4 Å². The summed E-state index contributed by atoms with van der Waals surface area (Å²) in [6.07, 6.45) is 1.42. The van der Waals surface area contributed by atoms with E-state index >= 15 is 0 Å². The number of hydrogen-bond donors (Lipinski definition) is 1. The number of benzene rings is 1. The molecule has 2 aromatic rings. The van der Waals surface area contributed by atoms with Gasteiger partial charge >= 0.3 is 0 Å². The van der Waals surface area contributed by atoms with Crippen molar-refractivity contribution in [1.82, 2.24) is 4.90 Å². The van der Waals surface area contributed by atoms with E-state index < -0.39 is 0 Å². The Morgan fingerprint density at radius 2 is 1.77 bits per heavy atom. The highest BCUT2D eigenvalue weighted by atomic mass is 32.1. The number of rotatable bonds is 3. The van der Waals surface area contributed by atoms with Gasteiger partial charge in [-0.25, -0.2) is 0 Å². The standard InChI is InChI=1S/C21H26N2O2S/c1-21(2,3)16-7-4-5-8-17(16)22-19(24)15-10-12-23(13-11-15)20(25)18-9-6-14-26-18/h4-9,14-15H,10-13H2,1-3H3,(H,22,24). The number of thiophene rings is 1. The minimum atomic E-state index is -0.0459. The molecule has 2 heterocycles. The predicted molar refractivity (Wildman–Crippen MR) is 107 cm³/mol. The van der Waals surface area contributed by atoms with E-state index in [1.807, 2.05) is 40.6 Å². The van der Waals surface area contributed by atoms with Crippen LogP contribution in [0.25, 0.3) is 0 Å². The minimum Gasteiger partial charge on any atom is -0.338 e. The molecule has 1 saturated heterocycles. The summed E-state index contributed by atoms with van der Waals surface area (Å²) in [7, 11) is 0. The van der Waals surface area contributed by atoms with Crippen LogP contribution in [0.3, 0.4) is 0 Å². The summed E-state index contributed by atoms with van der Waals surface area (Å²) in [4.78, 5) is 27.8. The summed E-state index contributed by atoms with van der Waals surface area (Å²) in [6, 6.07) is 11.7. The van der Waals surface area contributed by atoms with E-state index in [0.29, 0.717) is 25.9 Å². The Labute approximate surface area is 159 Å². The summed E-state index contributed by atoms with van der Waals surface area (Å²) < 4.78 is 0. The largest absolute Gasteiger partial charge is 0.338 e. The highest BCUT2D eigenvalue weighted by molar-refractivity contribution is 7.12. The minimum absolute atomic E-state index is 0.0274. The molecule has 0 aliphatic carbocycles. The number of carbonyl (C=O) groups excluding carboxylic acids is 2. The number of piperidine rings is 1. The van der Waals surface area contributed by atoms with E-state index in [1.165, 1.54) is 11.3 Å². The van der Waals surface area contributed by atoms with Crippen molar-refractivity contribution >= 4 is 28.8 Å². The fraction of sp³-hybridized carbons (Fsp3) is 0.429. The quantitative estimate of drug-likeness (QED) is 0.862. The van der Waals surface area contributed by atoms with Crippen LogP contribution in [0, 0.1) is 5.92 Å². The molecule has 1 aromatic heterocycles. The zero-order valence-corrected chi connectivity index (χ0v) is 16.4. The normalized spacial score (nSPS) is 15.7. The van der Waals surface area contributed by atoms with Gasteiger partial charge in [0.1, 0.15) is 0 Å². The van der Waals surface area contributed by atoms with E-state index in [2.05, 4.69) is 32.2 Å². The molecule has 1 aromatic carbocycles. The van der Waals surface area contributed by atoms with Crippen LogP contribution in [-0.2, 0) is 10.2 Å². The average molecular weight is 371 g/mol. The Morgan fingerprint density at radius 1 is 1.08 bits per heavy atom. The maximum atomic E-state index is 12.7. The zero-order chi connectivity index (χ0) is 18.7. The van der Waals surface area contributed by atoms with Crippen LogP contribution in [0.1, 0.15) is 48.8 Å². The molecule has 0 spiro atoms. The molecule has 1 aliphatic heterocycles. The van der Waals surface area contributed by atoms with Gasteiger partial charge in [0.25, 0.3) is 5.91 Å². The first-order chi connectivity index (χ1) is 12.4. The van der Waals surface area contributed by atoms with Crippen molar-refractivity contribution in [2.24, 2.45) is 5.92 Å². The monoisotopic (exact) mass is 370 g/mol. The Kier molecular flexibility index (Phi) is 5.47. The van der Waals surface area contributed by atoms with Crippen molar-refractivity contribution < 1.29 is 9.59 Å². The van der Waals surface area contributed by atoms with Gasteiger partial charge in [-0.15, -0.1) is 11.3 Å². The van der Waals surface area contributed by atoms with E-state index in [1.54, 1.807) is 0 Å². The van der Waals surface area contributed by atoms with E-state index in [0.717, 1.165) is 16.1 Å². The first-order valence-corrected chi connectivity index (χ1v) is 9.97. The van der Waals surface area contributed by atoms with Crippen LogP contribution in [-0.4, -0.2) is 29.8 Å². The molecule has 0 atom stereocenters. The number of nitrogens with one attached hydrogen (secondary N) is 1. The molecule has 3 rings (SSSR count).